The van der Waals surface area contributed by atoms with Crippen LogP contribution >= 0.6 is 46.0 Å². The third kappa shape index (κ3) is 4.73. The number of thioether (sulfide) groups is 1. The highest BCUT2D eigenvalue weighted by Crippen LogP contribution is 2.33. The second-order valence-corrected chi connectivity index (χ2v) is 10.7. The van der Waals surface area contributed by atoms with Crippen molar-refractivity contribution in [1.29, 1.82) is 0 Å². The summed E-state index contributed by atoms with van der Waals surface area (Å²) < 4.78 is 8.11. The van der Waals surface area contributed by atoms with Crippen molar-refractivity contribution in [2.45, 2.75) is 43.3 Å². The molecule has 0 N–H and O–H groups in total. The van der Waals surface area contributed by atoms with Gasteiger partial charge in [-0.3, -0.25) is 4.57 Å². The van der Waals surface area contributed by atoms with E-state index in [4.69, 9.17) is 21.3 Å². The van der Waals surface area contributed by atoms with E-state index in [1.807, 2.05) is 24.3 Å². The smallest absolute Gasteiger partial charge is 0.191 e. The standard InChI is InChI=1S/C22H21ClN4OS3/c1-14-9-15(11-29-14)20-25-26-22(27(20)10-17-5-4-8-28-17)31-13-16-12-30-21(24-16)18-6-2-3-7-19(18)23/h2-3,6-7,9,11-12,17H,4-5,8,10,13H2,1H3. The highest BCUT2D eigenvalue weighted by Gasteiger charge is 2.22. The van der Waals surface area contributed by atoms with Gasteiger partial charge in [0.1, 0.15) is 5.01 Å². The van der Waals surface area contributed by atoms with Crippen LogP contribution < -0.4 is 0 Å². The molecule has 1 unspecified atom stereocenters. The lowest BCUT2D eigenvalue weighted by Crippen LogP contribution is -2.16. The number of halogens is 1. The second-order valence-electron chi connectivity index (χ2n) is 7.41. The topological polar surface area (TPSA) is 52.8 Å². The molecule has 5 nitrogen and oxygen atoms in total. The molecule has 0 amide bonds. The molecule has 31 heavy (non-hydrogen) atoms. The number of benzene rings is 1. The molecular weight excluding hydrogens is 468 g/mol. The van der Waals surface area contributed by atoms with Crippen LogP contribution in [0.25, 0.3) is 22.0 Å². The lowest BCUT2D eigenvalue weighted by Gasteiger charge is -2.14. The number of ether oxygens (including phenoxy) is 1. The van der Waals surface area contributed by atoms with Gasteiger partial charge in [0.05, 0.1) is 23.4 Å². The monoisotopic (exact) mass is 488 g/mol. The van der Waals surface area contributed by atoms with Crippen LogP contribution in [0.15, 0.2) is 46.2 Å². The SMILES string of the molecule is Cc1cc(-c2nnc(SCc3csc(-c4ccccc4Cl)n3)n2CC2CCCO2)cs1. The molecule has 1 aromatic carbocycles. The Labute approximate surface area is 198 Å². The van der Waals surface area contributed by atoms with Crippen molar-refractivity contribution in [3.05, 3.63) is 56.7 Å². The number of thiazole rings is 1. The summed E-state index contributed by atoms with van der Waals surface area (Å²) in [5, 5.41) is 15.9. The zero-order chi connectivity index (χ0) is 21.2. The molecule has 160 valence electrons. The normalized spacial score (nSPS) is 16.3. The Bertz CT molecular complexity index is 1180. The van der Waals surface area contributed by atoms with Crippen LogP contribution in [0.2, 0.25) is 5.02 Å². The summed E-state index contributed by atoms with van der Waals surface area (Å²) >= 11 is 11.4. The molecule has 1 fully saturated rings. The Balaban J connectivity index is 1.36. The van der Waals surface area contributed by atoms with E-state index in [2.05, 4.69) is 38.5 Å². The first-order valence-electron chi connectivity index (χ1n) is 10.1. The molecule has 5 rings (SSSR count). The Morgan fingerprint density at radius 3 is 2.90 bits per heavy atom. The van der Waals surface area contributed by atoms with Crippen LogP contribution in [0.5, 0.6) is 0 Å². The van der Waals surface area contributed by atoms with E-state index < -0.39 is 0 Å². The first-order chi connectivity index (χ1) is 15.2. The lowest BCUT2D eigenvalue weighted by atomic mass is 10.2. The van der Waals surface area contributed by atoms with E-state index in [0.29, 0.717) is 0 Å². The highest BCUT2D eigenvalue weighted by atomic mass is 35.5. The van der Waals surface area contributed by atoms with E-state index in [0.717, 1.165) is 69.6 Å². The average Bonchev–Trinajstić information content (AvgIpc) is 3.55. The zero-order valence-electron chi connectivity index (χ0n) is 17.0. The third-order valence-corrected chi connectivity index (χ3v) is 8.24. The highest BCUT2D eigenvalue weighted by molar-refractivity contribution is 7.98. The van der Waals surface area contributed by atoms with Crippen LogP contribution in [-0.4, -0.2) is 32.5 Å². The maximum absolute atomic E-state index is 6.33. The Hall–Kier alpha value is -1.71. The molecule has 3 aromatic heterocycles. The first kappa shape index (κ1) is 21.2. The molecular formula is C22H21ClN4OS3. The van der Waals surface area contributed by atoms with E-state index in [1.54, 1.807) is 34.4 Å². The Morgan fingerprint density at radius 1 is 1.23 bits per heavy atom. The third-order valence-electron chi connectivity index (χ3n) is 5.12. The molecule has 9 heteroatoms. The molecule has 0 spiro atoms. The van der Waals surface area contributed by atoms with Gasteiger partial charge in [-0.1, -0.05) is 41.6 Å². The van der Waals surface area contributed by atoms with Gasteiger partial charge in [-0.05, 0) is 31.9 Å². The summed E-state index contributed by atoms with van der Waals surface area (Å²) in [6.07, 6.45) is 2.42. The van der Waals surface area contributed by atoms with Gasteiger partial charge in [0, 0.05) is 39.1 Å². The maximum atomic E-state index is 6.33. The lowest BCUT2D eigenvalue weighted by molar-refractivity contribution is 0.0953. The number of aromatic nitrogens is 4. The number of hydrogen-bond donors (Lipinski definition) is 0. The predicted octanol–water partition coefficient (Wildman–Crippen LogP) is 6.56. The molecule has 0 radical (unpaired) electrons. The summed E-state index contributed by atoms with van der Waals surface area (Å²) in [5.74, 6) is 1.64. The van der Waals surface area contributed by atoms with Crippen LogP contribution in [0.1, 0.15) is 23.4 Å². The summed E-state index contributed by atoms with van der Waals surface area (Å²) in [7, 11) is 0. The van der Waals surface area contributed by atoms with Gasteiger partial charge in [0.25, 0.3) is 0 Å². The van der Waals surface area contributed by atoms with Gasteiger partial charge in [-0.2, -0.15) is 0 Å². The second kappa shape index (κ2) is 9.42. The molecule has 0 saturated carbocycles. The molecule has 0 bridgehead atoms. The van der Waals surface area contributed by atoms with Crippen molar-refractivity contribution in [3.63, 3.8) is 0 Å². The fourth-order valence-electron chi connectivity index (χ4n) is 3.60. The first-order valence-corrected chi connectivity index (χ1v) is 13.2. The summed E-state index contributed by atoms with van der Waals surface area (Å²) in [6.45, 7) is 3.73. The fourth-order valence-corrected chi connectivity index (χ4v) is 6.36. The van der Waals surface area contributed by atoms with E-state index in [1.165, 1.54) is 4.88 Å². The zero-order valence-corrected chi connectivity index (χ0v) is 20.2. The van der Waals surface area contributed by atoms with E-state index >= 15 is 0 Å². The largest absolute Gasteiger partial charge is 0.376 e. The van der Waals surface area contributed by atoms with Gasteiger partial charge < -0.3 is 4.74 Å². The number of aryl methyl sites for hydroxylation is 1. The number of nitrogens with zero attached hydrogens (tertiary/aromatic N) is 4. The van der Waals surface area contributed by atoms with E-state index in [-0.39, 0.29) is 6.10 Å². The van der Waals surface area contributed by atoms with Crippen molar-refractivity contribution in [2.75, 3.05) is 6.61 Å². The van der Waals surface area contributed by atoms with Crippen molar-refractivity contribution >= 4 is 46.0 Å². The molecule has 1 aliphatic heterocycles. The molecule has 1 saturated heterocycles. The molecule has 4 heterocycles. The molecule has 1 atom stereocenters. The number of hydrogen-bond acceptors (Lipinski definition) is 7. The van der Waals surface area contributed by atoms with Gasteiger partial charge in [0.15, 0.2) is 11.0 Å². The summed E-state index contributed by atoms with van der Waals surface area (Å²) in [4.78, 5) is 6.06. The average molecular weight is 489 g/mol. The quantitative estimate of drug-likeness (QED) is 0.275. The van der Waals surface area contributed by atoms with Gasteiger partial charge in [-0.15, -0.1) is 32.9 Å². The predicted molar refractivity (Wildman–Crippen MR) is 129 cm³/mol. The van der Waals surface area contributed by atoms with Gasteiger partial charge >= 0.3 is 0 Å². The van der Waals surface area contributed by atoms with Gasteiger partial charge in [0.2, 0.25) is 0 Å². The van der Waals surface area contributed by atoms with Crippen LogP contribution in [0.3, 0.4) is 0 Å². The fraction of sp³-hybridized carbons (Fsp3) is 0.318. The molecule has 1 aliphatic rings. The maximum Gasteiger partial charge on any atom is 0.191 e. The summed E-state index contributed by atoms with van der Waals surface area (Å²) in [5.41, 5.74) is 3.11. The number of thiophene rings is 1. The Kier molecular flexibility index (Phi) is 6.43. The summed E-state index contributed by atoms with van der Waals surface area (Å²) in [6, 6.07) is 9.99. The van der Waals surface area contributed by atoms with E-state index in [9.17, 15) is 0 Å². The van der Waals surface area contributed by atoms with Crippen molar-refractivity contribution in [1.82, 2.24) is 19.7 Å². The van der Waals surface area contributed by atoms with Gasteiger partial charge in [-0.25, -0.2) is 4.98 Å². The Morgan fingerprint density at radius 2 is 2.13 bits per heavy atom. The minimum absolute atomic E-state index is 0.222. The van der Waals surface area contributed by atoms with Crippen molar-refractivity contribution in [3.8, 4) is 22.0 Å². The van der Waals surface area contributed by atoms with Crippen molar-refractivity contribution in [2.24, 2.45) is 0 Å². The van der Waals surface area contributed by atoms with Crippen LogP contribution in [-0.2, 0) is 17.0 Å². The minimum Gasteiger partial charge on any atom is -0.376 e. The minimum atomic E-state index is 0.222. The number of rotatable bonds is 7. The van der Waals surface area contributed by atoms with Crippen LogP contribution in [0, 0.1) is 6.92 Å². The molecule has 4 aromatic rings. The molecule has 0 aliphatic carbocycles. The van der Waals surface area contributed by atoms with Crippen molar-refractivity contribution < 1.29 is 4.74 Å². The van der Waals surface area contributed by atoms with Crippen LogP contribution in [0.4, 0.5) is 0 Å².